The number of thiol groups is 1. The minimum atomic E-state index is 0.681. The molecule has 1 aliphatic carbocycles. The summed E-state index contributed by atoms with van der Waals surface area (Å²) in [6, 6.07) is 0.681. The van der Waals surface area contributed by atoms with Crippen molar-refractivity contribution < 1.29 is 0 Å². The number of thiocarbonyl (C=S) groups is 1. The van der Waals surface area contributed by atoms with E-state index in [1.165, 1.54) is 51.4 Å². The van der Waals surface area contributed by atoms with E-state index in [0.717, 1.165) is 10.9 Å². The van der Waals surface area contributed by atoms with Gasteiger partial charge in [0, 0.05) is 12.6 Å². The second-order valence-corrected chi connectivity index (χ2v) is 5.59. The number of nitrogens with zero attached hydrogens (tertiary/aromatic N) is 1. The fourth-order valence-corrected chi connectivity index (χ4v) is 2.86. The molecule has 1 fully saturated rings. The lowest BCUT2D eigenvalue weighted by atomic mass is 9.94. The van der Waals surface area contributed by atoms with Crippen LogP contribution in [0, 0.1) is 0 Å². The van der Waals surface area contributed by atoms with E-state index in [9.17, 15) is 0 Å². The summed E-state index contributed by atoms with van der Waals surface area (Å²) in [7, 11) is 0. The molecule has 0 aromatic heterocycles. The topological polar surface area (TPSA) is 3.24 Å². The molecular weight excluding hydrogens is 222 g/mol. The first kappa shape index (κ1) is 13.3. The molecule has 15 heavy (non-hydrogen) atoms. The van der Waals surface area contributed by atoms with Crippen LogP contribution in [0.4, 0.5) is 0 Å². The first-order chi connectivity index (χ1) is 7.25. The first-order valence-electron chi connectivity index (χ1n) is 6.25. The molecule has 0 heterocycles. The lowest BCUT2D eigenvalue weighted by molar-refractivity contribution is 0.247. The standard InChI is InChI=1S/C12H23NS2/c1-2-3-7-10-13(12(14)15)11-8-5-4-6-9-11/h11H,2-10H2,1H3,(H,14,15). The Morgan fingerprint density at radius 1 is 1.27 bits per heavy atom. The summed E-state index contributed by atoms with van der Waals surface area (Å²) in [5.41, 5.74) is 0. The van der Waals surface area contributed by atoms with Gasteiger partial charge in [0.25, 0.3) is 0 Å². The number of hydrogen-bond donors (Lipinski definition) is 1. The van der Waals surface area contributed by atoms with Crippen molar-refractivity contribution in [1.29, 1.82) is 0 Å². The Morgan fingerprint density at radius 3 is 2.47 bits per heavy atom. The van der Waals surface area contributed by atoms with Crippen molar-refractivity contribution in [2.45, 2.75) is 64.3 Å². The van der Waals surface area contributed by atoms with Gasteiger partial charge in [-0.2, -0.15) is 0 Å². The molecule has 0 atom stereocenters. The quantitative estimate of drug-likeness (QED) is 0.442. The van der Waals surface area contributed by atoms with Crippen molar-refractivity contribution in [3.63, 3.8) is 0 Å². The Balaban J connectivity index is 2.37. The van der Waals surface area contributed by atoms with Gasteiger partial charge < -0.3 is 4.90 Å². The molecule has 0 amide bonds. The molecule has 0 unspecified atom stereocenters. The average Bonchev–Trinajstić information content (AvgIpc) is 2.25. The maximum absolute atomic E-state index is 5.24. The fraction of sp³-hybridized carbons (Fsp3) is 0.917. The van der Waals surface area contributed by atoms with E-state index in [2.05, 4.69) is 24.5 Å². The summed E-state index contributed by atoms with van der Waals surface area (Å²) < 4.78 is 0.804. The highest BCUT2D eigenvalue weighted by molar-refractivity contribution is 8.10. The first-order valence-corrected chi connectivity index (χ1v) is 7.10. The third-order valence-corrected chi connectivity index (χ3v) is 3.76. The van der Waals surface area contributed by atoms with Crippen LogP contribution in [0.2, 0.25) is 0 Å². The van der Waals surface area contributed by atoms with E-state index in [-0.39, 0.29) is 0 Å². The van der Waals surface area contributed by atoms with Crippen LogP contribution in [-0.2, 0) is 0 Å². The zero-order chi connectivity index (χ0) is 11.1. The van der Waals surface area contributed by atoms with Crippen molar-refractivity contribution >= 4 is 29.2 Å². The van der Waals surface area contributed by atoms with E-state index in [1.54, 1.807) is 0 Å². The van der Waals surface area contributed by atoms with E-state index >= 15 is 0 Å². The van der Waals surface area contributed by atoms with Crippen molar-refractivity contribution in [1.82, 2.24) is 4.90 Å². The molecule has 0 aliphatic heterocycles. The second kappa shape index (κ2) is 7.50. The fourth-order valence-electron chi connectivity index (χ4n) is 2.36. The molecule has 0 spiro atoms. The van der Waals surface area contributed by atoms with Gasteiger partial charge in [0.05, 0.1) is 0 Å². The number of hydrogen-bond acceptors (Lipinski definition) is 1. The monoisotopic (exact) mass is 245 g/mol. The third kappa shape index (κ3) is 4.73. The molecule has 3 heteroatoms. The van der Waals surface area contributed by atoms with Crippen molar-refractivity contribution in [3.05, 3.63) is 0 Å². The summed E-state index contributed by atoms with van der Waals surface area (Å²) in [5.74, 6) is 0. The minimum Gasteiger partial charge on any atom is -0.355 e. The lowest BCUT2D eigenvalue weighted by Gasteiger charge is -2.34. The van der Waals surface area contributed by atoms with Crippen molar-refractivity contribution in [2.75, 3.05) is 6.54 Å². The van der Waals surface area contributed by atoms with Crippen LogP contribution < -0.4 is 0 Å². The molecule has 1 rings (SSSR count). The Hall–Kier alpha value is 0.240. The van der Waals surface area contributed by atoms with Crippen LogP contribution in [0.15, 0.2) is 0 Å². The van der Waals surface area contributed by atoms with Gasteiger partial charge in [-0.1, -0.05) is 51.2 Å². The normalized spacial score (nSPS) is 17.7. The van der Waals surface area contributed by atoms with Gasteiger partial charge in [-0.25, -0.2) is 0 Å². The molecule has 0 radical (unpaired) electrons. The number of rotatable bonds is 5. The van der Waals surface area contributed by atoms with Gasteiger partial charge in [-0.15, -0.1) is 12.6 Å². The van der Waals surface area contributed by atoms with Crippen LogP contribution in [0.1, 0.15) is 58.3 Å². The smallest absolute Gasteiger partial charge is 0.133 e. The summed E-state index contributed by atoms with van der Waals surface area (Å²) in [5, 5.41) is 0. The molecule has 0 aromatic carbocycles. The summed E-state index contributed by atoms with van der Waals surface area (Å²) in [4.78, 5) is 2.35. The van der Waals surface area contributed by atoms with Gasteiger partial charge >= 0.3 is 0 Å². The van der Waals surface area contributed by atoms with Crippen LogP contribution in [0.25, 0.3) is 0 Å². The lowest BCUT2D eigenvalue weighted by Crippen LogP contribution is -2.39. The van der Waals surface area contributed by atoms with Gasteiger partial charge in [-0.3, -0.25) is 0 Å². The van der Waals surface area contributed by atoms with E-state index in [1.807, 2.05) is 0 Å². The Kier molecular flexibility index (Phi) is 6.66. The summed E-state index contributed by atoms with van der Waals surface area (Å²) >= 11 is 9.60. The Morgan fingerprint density at radius 2 is 1.93 bits per heavy atom. The Labute approximate surface area is 105 Å². The maximum Gasteiger partial charge on any atom is 0.133 e. The molecule has 88 valence electrons. The highest BCUT2D eigenvalue weighted by Gasteiger charge is 2.21. The van der Waals surface area contributed by atoms with Crippen molar-refractivity contribution in [2.24, 2.45) is 0 Å². The maximum atomic E-state index is 5.24. The van der Waals surface area contributed by atoms with Gasteiger partial charge in [0.2, 0.25) is 0 Å². The minimum absolute atomic E-state index is 0.681. The van der Waals surface area contributed by atoms with Gasteiger partial charge in [0.1, 0.15) is 4.32 Å². The summed E-state index contributed by atoms with van der Waals surface area (Å²) in [6.45, 7) is 3.35. The molecule has 0 N–H and O–H groups in total. The van der Waals surface area contributed by atoms with Crippen LogP contribution >= 0.6 is 24.8 Å². The van der Waals surface area contributed by atoms with Gasteiger partial charge in [0.15, 0.2) is 0 Å². The zero-order valence-electron chi connectivity index (χ0n) is 9.74. The molecule has 0 aromatic rings. The van der Waals surface area contributed by atoms with E-state index in [0.29, 0.717) is 6.04 Å². The Bertz CT molecular complexity index is 188. The highest BCUT2D eigenvalue weighted by atomic mass is 32.1. The van der Waals surface area contributed by atoms with E-state index in [4.69, 9.17) is 12.2 Å². The van der Waals surface area contributed by atoms with E-state index < -0.39 is 0 Å². The SMILES string of the molecule is CCCCCN(C(=S)S)C1CCCCC1. The molecule has 1 aliphatic rings. The molecule has 0 saturated heterocycles. The predicted octanol–water partition coefficient (Wildman–Crippen LogP) is 4.03. The third-order valence-electron chi connectivity index (χ3n) is 3.26. The second-order valence-electron chi connectivity index (χ2n) is 4.47. The molecule has 0 bridgehead atoms. The van der Waals surface area contributed by atoms with Gasteiger partial charge in [-0.05, 0) is 19.3 Å². The average molecular weight is 245 g/mol. The number of unbranched alkanes of at least 4 members (excludes halogenated alkanes) is 2. The van der Waals surface area contributed by atoms with Crippen LogP contribution in [0.3, 0.4) is 0 Å². The predicted molar refractivity (Wildman–Crippen MR) is 74.7 cm³/mol. The highest BCUT2D eigenvalue weighted by Crippen LogP contribution is 2.24. The largest absolute Gasteiger partial charge is 0.355 e. The zero-order valence-corrected chi connectivity index (χ0v) is 11.5. The molecule has 1 nitrogen and oxygen atoms in total. The van der Waals surface area contributed by atoms with Crippen LogP contribution in [0.5, 0.6) is 0 Å². The van der Waals surface area contributed by atoms with Crippen LogP contribution in [-0.4, -0.2) is 21.8 Å². The molecule has 1 saturated carbocycles. The molecular formula is C12H23NS2. The summed E-state index contributed by atoms with van der Waals surface area (Å²) in [6.07, 6.45) is 10.6. The van der Waals surface area contributed by atoms with Crippen molar-refractivity contribution in [3.8, 4) is 0 Å².